The molecular weight excluding hydrogens is 276 g/mol. The molecule has 2 unspecified atom stereocenters. The lowest BCUT2D eigenvalue weighted by Crippen LogP contribution is -2.27. The van der Waals surface area contributed by atoms with E-state index in [1.807, 2.05) is 0 Å². The van der Waals surface area contributed by atoms with Crippen molar-refractivity contribution in [2.24, 2.45) is 0 Å². The SMILES string of the molecule is CN1CCCC1CC1CNc2ccc(-c3ccsc3)cc21. The van der Waals surface area contributed by atoms with Crippen LogP contribution in [-0.4, -0.2) is 31.1 Å². The van der Waals surface area contributed by atoms with E-state index in [0.717, 1.165) is 12.6 Å². The zero-order chi connectivity index (χ0) is 14.2. The van der Waals surface area contributed by atoms with E-state index < -0.39 is 0 Å². The molecule has 1 fully saturated rings. The van der Waals surface area contributed by atoms with E-state index in [4.69, 9.17) is 0 Å². The van der Waals surface area contributed by atoms with Crippen LogP contribution in [0.15, 0.2) is 35.0 Å². The molecule has 0 aliphatic carbocycles. The Labute approximate surface area is 130 Å². The number of thiophene rings is 1. The van der Waals surface area contributed by atoms with Gasteiger partial charge in [0, 0.05) is 24.2 Å². The van der Waals surface area contributed by atoms with Gasteiger partial charge in [0.2, 0.25) is 0 Å². The fourth-order valence-electron chi connectivity index (χ4n) is 3.83. The molecule has 2 aliphatic rings. The predicted molar refractivity (Wildman–Crippen MR) is 91.3 cm³/mol. The third-order valence-electron chi connectivity index (χ3n) is 5.11. The molecule has 4 rings (SSSR count). The molecule has 3 heterocycles. The van der Waals surface area contributed by atoms with Crippen LogP contribution in [0.5, 0.6) is 0 Å². The lowest BCUT2D eigenvalue weighted by atomic mass is 9.91. The third-order valence-corrected chi connectivity index (χ3v) is 5.80. The molecule has 1 aromatic heterocycles. The fraction of sp³-hybridized carbons (Fsp3) is 0.444. The molecule has 0 saturated carbocycles. The monoisotopic (exact) mass is 298 g/mol. The van der Waals surface area contributed by atoms with E-state index in [1.54, 1.807) is 11.3 Å². The van der Waals surface area contributed by atoms with Crippen molar-refractivity contribution in [2.45, 2.75) is 31.2 Å². The predicted octanol–water partition coefficient (Wildman–Crippen LogP) is 4.41. The first-order valence-corrected chi connectivity index (χ1v) is 8.86. The summed E-state index contributed by atoms with van der Waals surface area (Å²) in [6.07, 6.45) is 4.03. The van der Waals surface area contributed by atoms with Crippen LogP contribution >= 0.6 is 11.3 Å². The maximum absolute atomic E-state index is 3.60. The van der Waals surface area contributed by atoms with E-state index in [-0.39, 0.29) is 0 Å². The van der Waals surface area contributed by atoms with Gasteiger partial charge in [0.15, 0.2) is 0 Å². The highest BCUT2D eigenvalue weighted by Crippen LogP contribution is 2.39. The highest BCUT2D eigenvalue weighted by Gasteiger charge is 2.29. The van der Waals surface area contributed by atoms with Crippen molar-refractivity contribution >= 4 is 17.0 Å². The van der Waals surface area contributed by atoms with Crippen molar-refractivity contribution in [3.05, 3.63) is 40.6 Å². The van der Waals surface area contributed by atoms with E-state index in [0.29, 0.717) is 5.92 Å². The normalized spacial score (nSPS) is 25.0. The quantitative estimate of drug-likeness (QED) is 0.903. The topological polar surface area (TPSA) is 15.3 Å². The lowest BCUT2D eigenvalue weighted by molar-refractivity contribution is 0.285. The third kappa shape index (κ3) is 2.49. The average Bonchev–Trinajstić information content (AvgIpc) is 3.22. The second-order valence-electron chi connectivity index (χ2n) is 6.40. The minimum atomic E-state index is 0.670. The Bertz CT molecular complexity index is 620. The summed E-state index contributed by atoms with van der Waals surface area (Å²) in [5, 5.41) is 7.99. The van der Waals surface area contributed by atoms with Gasteiger partial charge in [-0.15, -0.1) is 0 Å². The number of hydrogen-bond donors (Lipinski definition) is 1. The zero-order valence-corrected chi connectivity index (χ0v) is 13.3. The molecule has 2 aromatic rings. The smallest absolute Gasteiger partial charge is 0.0376 e. The molecule has 1 saturated heterocycles. The molecule has 0 bridgehead atoms. The number of fused-ring (bicyclic) bond motifs is 1. The van der Waals surface area contributed by atoms with Crippen LogP contribution in [0.2, 0.25) is 0 Å². The van der Waals surface area contributed by atoms with E-state index in [1.165, 1.54) is 48.2 Å². The molecular formula is C18H22N2S. The van der Waals surface area contributed by atoms with Gasteiger partial charge in [0.05, 0.1) is 0 Å². The molecule has 2 nitrogen and oxygen atoms in total. The average molecular weight is 298 g/mol. The van der Waals surface area contributed by atoms with Crippen molar-refractivity contribution in [1.29, 1.82) is 0 Å². The molecule has 2 aliphatic heterocycles. The lowest BCUT2D eigenvalue weighted by Gasteiger charge is -2.23. The Balaban J connectivity index is 1.59. The van der Waals surface area contributed by atoms with Crippen molar-refractivity contribution in [1.82, 2.24) is 4.90 Å². The van der Waals surface area contributed by atoms with Gasteiger partial charge in [-0.2, -0.15) is 11.3 Å². The number of nitrogens with one attached hydrogen (secondary N) is 1. The number of nitrogens with zero attached hydrogens (tertiary/aromatic N) is 1. The van der Waals surface area contributed by atoms with Gasteiger partial charge in [-0.3, -0.25) is 0 Å². The Morgan fingerprint density at radius 2 is 2.24 bits per heavy atom. The number of hydrogen-bond acceptors (Lipinski definition) is 3. The van der Waals surface area contributed by atoms with Gasteiger partial charge < -0.3 is 10.2 Å². The summed E-state index contributed by atoms with van der Waals surface area (Å²) in [4.78, 5) is 2.54. The fourth-order valence-corrected chi connectivity index (χ4v) is 4.49. The van der Waals surface area contributed by atoms with Gasteiger partial charge >= 0.3 is 0 Å². The van der Waals surface area contributed by atoms with Crippen molar-refractivity contribution in [2.75, 3.05) is 25.5 Å². The molecule has 1 aromatic carbocycles. The minimum Gasteiger partial charge on any atom is -0.384 e. The number of rotatable bonds is 3. The summed E-state index contributed by atoms with van der Waals surface area (Å²) < 4.78 is 0. The highest BCUT2D eigenvalue weighted by atomic mass is 32.1. The number of anilines is 1. The van der Waals surface area contributed by atoms with Crippen LogP contribution in [0.1, 0.15) is 30.7 Å². The second-order valence-corrected chi connectivity index (χ2v) is 7.18. The summed E-state index contributed by atoms with van der Waals surface area (Å²) in [6.45, 7) is 2.37. The van der Waals surface area contributed by atoms with E-state index >= 15 is 0 Å². The summed E-state index contributed by atoms with van der Waals surface area (Å²) in [6, 6.07) is 9.91. The van der Waals surface area contributed by atoms with Crippen LogP contribution in [0.25, 0.3) is 11.1 Å². The van der Waals surface area contributed by atoms with Crippen LogP contribution in [0, 0.1) is 0 Å². The summed E-state index contributed by atoms with van der Waals surface area (Å²) in [7, 11) is 2.28. The van der Waals surface area contributed by atoms with Crippen molar-refractivity contribution < 1.29 is 0 Å². The summed E-state index contributed by atoms with van der Waals surface area (Å²) in [5.41, 5.74) is 5.59. The minimum absolute atomic E-state index is 0.670. The van der Waals surface area contributed by atoms with Crippen LogP contribution < -0.4 is 5.32 Å². The van der Waals surface area contributed by atoms with E-state index in [2.05, 4.69) is 52.3 Å². The largest absolute Gasteiger partial charge is 0.384 e. The zero-order valence-electron chi connectivity index (χ0n) is 12.5. The van der Waals surface area contributed by atoms with Gasteiger partial charge in [0.1, 0.15) is 0 Å². The van der Waals surface area contributed by atoms with Gasteiger partial charge in [-0.05, 0) is 78.5 Å². The van der Waals surface area contributed by atoms with Crippen molar-refractivity contribution in [3.8, 4) is 11.1 Å². The summed E-state index contributed by atoms with van der Waals surface area (Å²) in [5.74, 6) is 0.670. The first kappa shape index (κ1) is 13.4. The first-order valence-electron chi connectivity index (χ1n) is 7.92. The summed E-state index contributed by atoms with van der Waals surface area (Å²) >= 11 is 1.77. The Kier molecular flexibility index (Phi) is 3.48. The Hall–Kier alpha value is -1.32. The number of benzene rings is 1. The van der Waals surface area contributed by atoms with Gasteiger partial charge in [0.25, 0.3) is 0 Å². The van der Waals surface area contributed by atoms with Gasteiger partial charge in [-0.1, -0.05) is 6.07 Å². The maximum Gasteiger partial charge on any atom is 0.0376 e. The molecule has 0 amide bonds. The van der Waals surface area contributed by atoms with Crippen LogP contribution in [0.3, 0.4) is 0 Å². The second kappa shape index (κ2) is 5.47. The molecule has 2 atom stereocenters. The number of likely N-dealkylation sites (tertiary alicyclic amines) is 1. The standard InChI is InChI=1S/C18H22N2S/c1-20-7-2-3-16(20)9-15-11-19-18-5-4-13(10-17(15)18)14-6-8-21-12-14/h4-6,8,10,12,15-16,19H,2-3,7,9,11H2,1H3. The molecule has 21 heavy (non-hydrogen) atoms. The Morgan fingerprint density at radius 3 is 3.00 bits per heavy atom. The van der Waals surface area contributed by atoms with Crippen LogP contribution in [-0.2, 0) is 0 Å². The molecule has 110 valence electrons. The first-order chi connectivity index (χ1) is 10.3. The van der Waals surface area contributed by atoms with Crippen molar-refractivity contribution in [3.63, 3.8) is 0 Å². The van der Waals surface area contributed by atoms with Crippen LogP contribution in [0.4, 0.5) is 5.69 Å². The molecule has 3 heteroatoms. The molecule has 1 N–H and O–H groups in total. The molecule has 0 spiro atoms. The Morgan fingerprint density at radius 1 is 1.29 bits per heavy atom. The highest BCUT2D eigenvalue weighted by molar-refractivity contribution is 7.08. The van der Waals surface area contributed by atoms with Gasteiger partial charge in [-0.25, -0.2) is 0 Å². The van der Waals surface area contributed by atoms with E-state index in [9.17, 15) is 0 Å². The maximum atomic E-state index is 3.60. The molecule has 0 radical (unpaired) electrons.